The molecule has 0 aliphatic rings. The third-order valence-electron chi connectivity index (χ3n) is 2.88. The summed E-state index contributed by atoms with van der Waals surface area (Å²) in [6, 6.07) is 1.84. The van der Waals surface area contributed by atoms with Crippen molar-refractivity contribution in [3.63, 3.8) is 0 Å². The number of halogens is 2. The Morgan fingerprint density at radius 2 is 2.30 bits per heavy atom. The van der Waals surface area contributed by atoms with Gasteiger partial charge >= 0.3 is 0 Å². The molecule has 102 valence electrons. The summed E-state index contributed by atoms with van der Waals surface area (Å²) < 4.78 is 2.66. The van der Waals surface area contributed by atoms with E-state index in [1.165, 1.54) is 6.33 Å². The Balaban J connectivity index is 1.98. The van der Waals surface area contributed by atoms with Crippen molar-refractivity contribution in [3.05, 3.63) is 45.8 Å². The molecular weight excluding hydrogens is 344 g/mol. The number of nitrogens with zero attached hydrogens (tertiary/aromatic N) is 5. The van der Waals surface area contributed by atoms with Gasteiger partial charge in [-0.1, -0.05) is 0 Å². The average Bonchev–Trinajstić information content (AvgIpc) is 2.72. The molecule has 0 spiro atoms. The molecule has 0 amide bonds. The van der Waals surface area contributed by atoms with Gasteiger partial charge in [0.25, 0.3) is 0 Å². The van der Waals surface area contributed by atoms with Crippen LogP contribution in [0.25, 0.3) is 5.52 Å². The Bertz CT molecular complexity index is 757. The predicted molar refractivity (Wildman–Crippen MR) is 79.8 cm³/mol. The molecule has 0 radical (unpaired) electrons. The van der Waals surface area contributed by atoms with Gasteiger partial charge in [0, 0.05) is 16.9 Å². The summed E-state index contributed by atoms with van der Waals surface area (Å²) in [6.45, 7) is 2.53. The fourth-order valence-corrected chi connectivity index (χ4v) is 2.44. The number of hydrogen-bond acceptors (Lipinski definition) is 5. The van der Waals surface area contributed by atoms with Crippen molar-refractivity contribution in [1.82, 2.24) is 24.6 Å². The fraction of sp³-hybridized carbons (Fsp3) is 0.167. The zero-order chi connectivity index (χ0) is 14.1. The van der Waals surface area contributed by atoms with E-state index in [2.05, 4.69) is 41.3 Å². The molecule has 20 heavy (non-hydrogen) atoms. The van der Waals surface area contributed by atoms with Crippen LogP contribution in [0.1, 0.15) is 11.3 Å². The highest BCUT2D eigenvalue weighted by molar-refractivity contribution is 9.10. The summed E-state index contributed by atoms with van der Waals surface area (Å²) in [4.78, 5) is 12.3. The SMILES string of the molecule is Cc1c(Br)cn2nc(Cl)nc(NCc3ccncn3)c12. The molecule has 3 heterocycles. The van der Waals surface area contributed by atoms with E-state index in [0.29, 0.717) is 12.4 Å². The highest BCUT2D eigenvalue weighted by atomic mass is 79.9. The van der Waals surface area contributed by atoms with Crippen molar-refractivity contribution in [2.75, 3.05) is 5.32 Å². The van der Waals surface area contributed by atoms with Crippen molar-refractivity contribution in [2.45, 2.75) is 13.5 Å². The van der Waals surface area contributed by atoms with Crippen LogP contribution in [0.15, 0.2) is 29.3 Å². The van der Waals surface area contributed by atoms with E-state index in [4.69, 9.17) is 11.6 Å². The van der Waals surface area contributed by atoms with E-state index in [-0.39, 0.29) is 5.28 Å². The maximum atomic E-state index is 5.94. The molecule has 3 aromatic heterocycles. The molecule has 3 aromatic rings. The van der Waals surface area contributed by atoms with E-state index < -0.39 is 0 Å². The molecule has 0 aliphatic heterocycles. The van der Waals surface area contributed by atoms with Crippen LogP contribution in [0.3, 0.4) is 0 Å². The minimum absolute atomic E-state index is 0.185. The maximum absolute atomic E-state index is 5.94. The first kappa shape index (κ1) is 13.3. The lowest BCUT2D eigenvalue weighted by Gasteiger charge is -2.08. The van der Waals surface area contributed by atoms with Gasteiger partial charge in [-0.15, -0.1) is 5.10 Å². The topological polar surface area (TPSA) is 68.0 Å². The van der Waals surface area contributed by atoms with Gasteiger partial charge in [0.1, 0.15) is 11.8 Å². The Kier molecular flexibility index (Phi) is 3.54. The lowest BCUT2D eigenvalue weighted by Crippen LogP contribution is -2.07. The zero-order valence-electron chi connectivity index (χ0n) is 10.5. The smallest absolute Gasteiger partial charge is 0.243 e. The highest BCUT2D eigenvalue weighted by Crippen LogP contribution is 2.27. The first-order chi connectivity index (χ1) is 9.65. The Labute approximate surface area is 128 Å². The van der Waals surface area contributed by atoms with Crippen molar-refractivity contribution in [2.24, 2.45) is 0 Å². The summed E-state index contributed by atoms with van der Waals surface area (Å²) in [5.41, 5.74) is 2.80. The largest absolute Gasteiger partial charge is 0.363 e. The van der Waals surface area contributed by atoms with Gasteiger partial charge in [-0.25, -0.2) is 14.5 Å². The van der Waals surface area contributed by atoms with Crippen molar-refractivity contribution < 1.29 is 0 Å². The molecule has 0 atom stereocenters. The Morgan fingerprint density at radius 1 is 1.45 bits per heavy atom. The lowest BCUT2D eigenvalue weighted by atomic mass is 10.3. The summed E-state index contributed by atoms with van der Waals surface area (Å²) in [5, 5.41) is 7.57. The van der Waals surface area contributed by atoms with Crippen LogP contribution >= 0.6 is 27.5 Å². The number of anilines is 1. The van der Waals surface area contributed by atoms with E-state index in [9.17, 15) is 0 Å². The third kappa shape index (κ3) is 2.46. The Hall–Kier alpha value is -1.73. The number of fused-ring (bicyclic) bond motifs is 1. The lowest BCUT2D eigenvalue weighted by molar-refractivity contribution is 0.895. The van der Waals surface area contributed by atoms with Crippen LogP contribution in [-0.4, -0.2) is 24.6 Å². The van der Waals surface area contributed by atoms with Gasteiger partial charge in [0.2, 0.25) is 5.28 Å². The van der Waals surface area contributed by atoms with E-state index in [0.717, 1.165) is 21.2 Å². The second-order valence-corrected chi connectivity index (χ2v) is 5.37. The fourth-order valence-electron chi connectivity index (χ4n) is 1.90. The van der Waals surface area contributed by atoms with Crippen LogP contribution in [0.5, 0.6) is 0 Å². The summed E-state index contributed by atoms with van der Waals surface area (Å²) in [7, 11) is 0. The molecule has 0 saturated carbocycles. The van der Waals surface area contributed by atoms with Crippen molar-refractivity contribution >= 4 is 38.9 Å². The minimum Gasteiger partial charge on any atom is -0.363 e. The molecule has 0 aromatic carbocycles. The summed E-state index contributed by atoms with van der Waals surface area (Å²) in [6.07, 6.45) is 5.07. The van der Waals surface area contributed by atoms with Gasteiger partial charge in [-0.05, 0) is 46.1 Å². The molecule has 3 rings (SSSR count). The summed E-state index contributed by atoms with van der Waals surface area (Å²) in [5.74, 6) is 0.673. The first-order valence-corrected chi connectivity index (χ1v) is 7.02. The molecule has 6 nitrogen and oxygen atoms in total. The highest BCUT2D eigenvalue weighted by Gasteiger charge is 2.13. The number of aromatic nitrogens is 5. The van der Waals surface area contributed by atoms with Gasteiger partial charge < -0.3 is 5.32 Å². The monoisotopic (exact) mass is 352 g/mol. The maximum Gasteiger partial charge on any atom is 0.243 e. The predicted octanol–water partition coefficient (Wildman–Crippen LogP) is 2.86. The number of hydrogen-bond donors (Lipinski definition) is 1. The molecule has 0 bridgehead atoms. The van der Waals surface area contributed by atoms with Crippen LogP contribution in [0.4, 0.5) is 5.82 Å². The normalized spacial score (nSPS) is 10.9. The number of rotatable bonds is 3. The van der Waals surface area contributed by atoms with Crippen LogP contribution in [0, 0.1) is 6.92 Å². The molecule has 8 heteroatoms. The standard InChI is InChI=1S/C12H10BrClN6/c1-7-9(13)5-20-10(7)11(18-12(14)19-20)16-4-8-2-3-15-6-17-8/h2-3,5-6H,4H2,1H3,(H,16,18,19). The second-order valence-electron chi connectivity index (χ2n) is 4.18. The van der Waals surface area contributed by atoms with E-state index >= 15 is 0 Å². The minimum atomic E-state index is 0.185. The molecular formula is C12H10BrClN6. The van der Waals surface area contributed by atoms with Crippen molar-refractivity contribution in [3.8, 4) is 0 Å². The van der Waals surface area contributed by atoms with Gasteiger partial charge in [0.15, 0.2) is 5.82 Å². The average molecular weight is 354 g/mol. The van der Waals surface area contributed by atoms with Crippen LogP contribution in [-0.2, 0) is 6.54 Å². The molecule has 0 saturated heterocycles. The van der Waals surface area contributed by atoms with Gasteiger partial charge in [-0.2, -0.15) is 4.98 Å². The first-order valence-electron chi connectivity index (χ1n) is 5.85. The van der Waals surface area contributed by atoms with E-state index in [1.807, 2.05) is 19.2 Å². The number of nitrogens with one attached hydrogen (secondary N) is 1. The molecule has 0 unspecified atom stereocenters. The summed E-state index contributed by atoms with van der Waals surface area (Å²) >= 11 is 9.43. The zero-order valence-corrected chi connectivity index (χ0v) is 12.9. The molecule has 0 fully saturated rings. The Morgan fingerprint density at radius 3 is 3.05 bits per heavy atom. The van der Waals surface area contributed by atoms with Gasteiger partial charge in [0.05, 0.1) is 12.2 Å². The van der Waals surface area contributed by atoms with Crippen LogP contribution < -0.4 is 5.32 Å². The van der Waals surface area contributed by atoms with Crippen molar-refractivity contribution in [1.29, 1.82) is 0 Å². The van der Waals surface area contributed by atoms with Crippen LogP contribution in [0.2, 0.25) is 5.28 Å². The van der Waals surface area contributed by atoms with E-state index in [1.54, 1.807) is 10.7 Å². The quantitative estimate of drug-likeness (QED) is 0.784. The molecule has 1 N–H and O–H groups in total. The number of aryl methyl sites for hydroxylation is 1. The third-order valence-corrected chi connectivity index (χ3v) is 3.84. The van der Waals surface area contributed by atoms with Gasteiger partial charge in [-0.3, -0.25) is 0 Å². The molecule has 0 aliphatic carbocycles. The second kappa shape index (κ2) is 5.34.